The molecule has 23 heavy (non-hydrogen) atoms. The first-order valence-electron chi connectivity index (χ1n) is 6.81. The first-order chi connectivity index (χ1) is 10.7. The number of imide groups is 1. The number of hydrogen-bond acceptors (Lipinski definition) is 6. The van der Waals surface area contributed by atoms with Crippen molar-refractivity contribution in [1.29, 1.82) is 0 Å². The van der Waals surface area contributed by atoms with Gasteiger partial charge < -0.3 is 10.1 Å². The van der Waals surface area contributed by atoms with E-state index < -0.39 is 33.8 Å². The van der Waals surface area contributed by atoms with Gasteiger partial charge in [0.2, 0.25) is 0 Å². The second kappa shape index (κ2) is 6.37. The molecule has 1 fully saturated rings. The van der Waals surface area contributed by atoms with E-state index in [0.29, 0.717) is 6.54 Å². The van der Waals surface area contributed by atoms with Gasteiger partial charge in [0.25, 0.3) is 5.91 Å². The highest BCUT2D eigenvalue weighted by atomic mass is 32.2. The molecule has 1 atom stereocenters. The van der Waals surface area contributed by atoms with Gasteiger partial charge in [-0.15, -0.1) is 0 Å². The summed E-state index contributed by atoms with van der Waals surface area (Å²) in [6, 6.07) is 5.02. The Balaban J connectivity index is 2.16. The third kappa shape index (κ3) is 3.67. The average Bonchev–Trinajstić information content (AvgIpc) is 2.91. The van der Waals surface area contributed by atoms with Crippen LogP contribution in [0.5, 0.6) is 0 Å². The zero-order valence-electron chi connectivity index (χ0n) is 12.6. The average molecular weight is 340 g/mol. The SMILES string of the molecule is C[C@H](OC(=O)c1ccccc1S(C)(=O)=O)C(=O)N1CCNC1=O. The Morgan fingerprint density at radius 1 is 1.30 bits per heavy atom. The number of amides is 3. The molecule has 3 amide bonds. The maximum Gasteiger partial charge on any atom is 0.340 e. The lowest BCUT2D eigenvalue weighted by atomic mass is 10.2. The van der Waals surface area contributed by atoms with E-state index in [9.17, 15) is 22.8 Å². The van der Waals surface area contributed by atoms with Crippen molar-refractivity contribution in [3.05, 3.63) is 29.8 Å². The molecule has 1 saturated heterocycles. The Kier molecular flexibility index (Phi) is 4.69. The summed E-state index contributed by atoms with van der Waals surface area (Å²) in [5, 5.41) is 2.47. The Hall–Kier alpha value is -2.42. The lowest BCUT2D eigenvalue weighted by Crippen LogP contribution is -2.41. The first kappa shape index (κ1) is 16.9. The number of benzene rings is 1. The van der Waals surface area contributed by atoms with Crippen LogP contribution in [0.3, 0.4) is 0 Å². The topological polar surface area (TPSA) is 110 Å². The molecule has 0 saturated carbocycles. The van der Waals surface area contributed by atoms with Gasteiger partial charge >= 0.3 is 12.0 Å². The van der Waals surface area contributed by atoms with Crippen LogP contribution in [-0.4, -0.2) is 56.7 Å². The fourth-order valence-electron chi connectivity index (χ4n) is 2.13. The van der Waals surface area contributed by atoms with Crippen LogP contribution in [0.4, 0.5) is 4.79 Å². The highest BCUT2D eigenvalue weighted by Gasteiger charge is 2.32. The number of rotatable bonds is 4. The zero-order chi connectivity index (χ0) is 17.2. The van der Waals surface area contributed by atoms with Crippen LogP contribution < -0.4 is 5.32 Å². The number of urea groups is 1. The molecule has 0 bridgehead atoms. The van der Waals surface area contributed by atoms with Gasteiger partial charge in [0.15, 0.2) is 15.9 Å². The summed E-state index contributed by atoms with van der Waals surface area (Å²) in [5.41, 5.74) is -0.152. The molecule has 0 aliphatic carbocycles. The first-order valence-corrected chi connectivity index (χ1v) is 8.70. The van der Waals surface area contributed by atoms with E-state index in [4.69, 9.17) is 4.74 Å². The molecule has 1 heterocycles. The van der Waals surface area contributed by atoms with Gasteiger partial charge in [0.05, 0.1) is 10.5 Å². The summed E-state index contributed by atoms with van der Waals surface area (Å²) in [7, 11) is -3.62. The Bertz CT molecular complexity index is 758. The van der Waals surface area contributed by atoms with E-state index in [1.54, 1.807) is 0 Å². The summed E-state index contributed by atoms with van der Waals surface area (Å²) in [6.07, 6.45) is -0.235. The van der Waals surface area contributed by atoms with Crippen LogP contribution in [0.2, 0.25) is 0 Å². The monoisotopic (exact) mass is 340 g/mol. The molecule has 8 nitrogen and oxygen atoms in total. The van der Waals surface area contributed by atoms with Crippen LogP contribution in [0.25, 0.3) is 0 Å². The lowest BCUT2D eigenvalue weighted by Gasteiger charge is -2.18. The minimum atomic E-state index is -3.62. The minimum Gasteiger partial charge on any atom is -0.449 e. The number of ether oxygens (including phenoxy) is 1. The van der Waals surface area contributed by atoms with Crippen molar-refractivity contribution in [3.8, 4) is 0 Å². The minimum absolute atomic E-state index is 0.152. The molecule has 0 radical (unpaired) electrons. The van der Waals surface area contributed by atoms with Gasteiger partial charge in [-0.1, -0.05) is 12.1 Å². The Morgan fingerprint density at radius 2 is 1.96 bits per heavy atom. The molecular weight excluding hydrogens is 324 g/mol. The molecule has 1 aromatic rings. The van der Waals surface area contributed by atoms with Crippen molar-refractivity contribution in [3.63, 3.8) is 0 Å². The fraction of sp³-hybridized carbons (Fsp3) is 0.357. The van der Waals surface area contributed by atoms with Crippen molar-refractivity contribution in [1.82, 2.24) is 10.2 Å². The molecular formula is C14H16N2O6S. The Labute approximate surface area is 133 Å². The quantitative estimate of drug-likeness (QED) is 0.783. The fourth-order valence-corrected chi connectivity index (χ4v) is 3.01. The number of nitrogens with zero attached hydrogens (tertiary/aromatic N) is 1. The third-order valence-corrected chi connectivity index (χ3v) is 4.42. The van der Waals surface area contributed by atoms with E-state index in [1.807, 2.05) is 0 Å². The van der Waals surface area contributed by atoms with Gasteiger partial charge in [-0.05, 0) is 19.1 Å². The van der Waals surface area contributed by atoms with Crippen molar-refractivity contribution >= 4 is 27.7 Å². The second-order valence-electron chi connectivity index (χ2n) is 5.04. The summed E-state index contributed by atoms with van der Waals surface area (Å²) in [5.74, 6) is -1.60. The Morgan fingerprint density at radius 3 is 2.52 bits per heavy atom. The van der Waals surface area contributed by atoms with E-state index in [0.717, 1.165) is 11.2 Å². The van der Waals surface area contributed by atoms with Gasteiger partial charge in [-0.2, -0.15) is 0 Å². The van der Waals surface area contributed by atoms with E-state index in [2.05, 4.69) is 5.32 Å². The summed E-state index contributed by atoms with van der Waals surface area (Å²) in [4.78, 5) is 36.4. The number of carbonyl (C=O) groups is 3. The molecule has 0 spiro atoms. The van der Waals surface area contributed by atoms with E-state index in [1.165, 1.54) is 31.2 Å². The number of carbonyl (C=O) groups excluding carboxylic acids is 3. The summed E-state index contributed by atoms with van der Waals surface area (Å²) in [6.45, 7) is 1.86. The molecule has 9 heteroatoms. The summed E-state index contributed by atoms with van der Waals surface area (Å²) >= 11 is 0. The van der Waals surface area contributed by atoms with Gasteiger partial charge in [0.1, 0.15) is 0 Å². The largest absolute Gasteiger partial charge is 0.449 e. The lowest BCUT2D eigenvalue weighted by molar-refractivity contribution is -0.136. The van der Waals surface area contributed by atoms with Gasteiger partial charge in [-0.3, -0.25) is 9.69 Å². The van der Waals surface area contributed by atoms with Crippen LogP contribution in [0.1, 0.15) is 17.3 Å². The van der Waals surface area contributed by atoms with E-state index in [-0.39, 0.29) is 17.0 Å². The molecule has 1 aromatic carbocycles. The normalized spacial score (nSPS) is 15.9. The van der Waals surface area contributed by atoms with Gasteiger partial charge in [-0.25, -0.2) is 18.0 Å². The predicted molar refractivity (Wildman–Crippen MR) is 79.5 cm³/mol. The molecule has 0 unspecified atom stereocenters. The summed E-state index contributed by atoms with van der Waals surface area (Å²) < 4.78 is 28.4. The van der Waals surface area contributed by atoms with Crippen molar-refractivity contribution in [2.75, 3.05) is 19.3 Å². The molecule has 2 rings (SSSR count). The molecule has 0 aromatic heterocycles. The molecule has 1 aliphatic heterocycles. The van der Waals surface area contributed by atoms with Crippen LogP contribution in [-0.2, 0) is 19.4 Å². The van der Waals surface area contributed by atoms with Crippen molar-refractivity contribution < 1.29 is 27.5 Å². The molecule has 1 aliphatic rings. The number of sulfone groups is 1. The van der Waals surface area contributed by atoms with Crippen molar-refractivity contribution in [2.45, 2.75) is 17.9 Å². The molecule has 1 N–H and O–H groups in total. The van der Waals surface area contributed by atoms with Crippen molar-refractivity contribution in [2.24, 2.45) is 0 Å². The molecule has 124 valence electrons. The maximum absolute atomic E-state index is 12.2. The van der Waals surface area contributed by atoms with Crippen LogP contribution in [0.15, 0.2) is 29.2 Å². The van der Waals surface area contributed by atoms with Gasteiger partial charge in [0, 0.05) is 19.3 Å². The van der Waals surface area contributed by atoms with E-state index >= 15 is 0 Å². The van der Waals surface area contributed by atoms with Crippen LogP contribution in [0, 0.1) is 0 Å². The maximum atomic E-state index is 12.2. The number of esters is 1. The number of nitrogens with one attached hydrogen (secondary N) is 1. The standard InChI is InChI=1S/C14H16N2O6S/c1-9(12(17)16-8-7-15-14(16)19)22-13(18)10-5-3-4-6-11(10)23(2,20)21/h3-6,9H,7-8H2,1-2H3,(H,15,19)/t9-/m0/s1. The zero-order valence-corrected chi connectivity index (χ0v) is 13.4. The smallest absolute Gasteiger partial charge is 0.340 e. The highest BCUT2D eigenvalue weighted by molar-refractivity contribution is 7.90. The third-order valence-electron chi connectivity index (χ3n) is 3.26. The second-order valence-corrected chi connectivity index (χ2v) is 7.02. The number of hydrogen-bond donors (Lipinski definition) is 1. The predicted octanol–water partition coefficient (Wildman–Crippen LogP) is 0.187. The van der Waals surface area contributed by atoms with Crippen LogP contribution >= 0.6 is 0 Å². The highest BCUT2D eigenvalue weighted by Crippen LogP contribution is 2.17.